The Labute approximate surface area is 107 Å². The standard InChI is InChI=1S/C10H12BrNO3S/c1-14-7-5-9(16-3)8(15-2)4-6(7)12-10(11)13/h4-5H,1-3H3,(H,12,13). The summed E-state index contributed by atoms with van der Waals surface area (Å²) < 4.78 is 10.4. The van der Waals surface area contributed by atoms with Crippen LogP contribution in [0.15, 0.2) is 17.0 Å². The van der Waals surface area contributed by atoms with Crippen LogP contribution in [0, 0.1) is 0 Å². The second kappa shape index (κ2) is 6.00. The lowest BCUT2D eigenvalue weighted by Gasteiger charge is -2.13. The van der Waals surface area contributed by atoms with Crippen molar-refractivity contribution in [1.82, 2.24) is 0 Å². The van der Waals surface area contributed by atoms with Crippen molar-refractivity contribution >= 4 is 38.2 Å². The summed E-state index contributed by atoms with van der Waals surface area (Å²) in [6.07, 6.45) is 1.94. The quantitative estimate of drug-likeness (QED) is 0.526. The van der Waals surface area contributed by atoms with Crippen LogP contribution >= 0.6 is 27.7 Å². The first kappa shape index (κ1) is 13.2. The molecular formula is C10H12BrNO3S. The van der Waals surface area contributed by atoms with Crippen LogP contribution in [0.1, 0.15) is 0 Å². The molecule has 6 heteroatoms. The Morgan fingerprint density at radius 3 is 2.38 bits per heavy atom. The van der Waals surface area contributed by atoms with Crippen LogP contribution in [0.5, 0.6) is 11.5 Å². The molecule has 0 unspecified atom stereocenters. The molecule has 0 radical (unpaired) electrons. The number of amides is 1. The minimum absolute atomic E-state index is 0.329. The first-order valence-corrected chi connectivity index (χ1v) is 6.40. The third-order valence-electron chi connectivity index (χ3n) is 1.94. The topological polar surface area (TPSA) is 47.6 Å². The molecule has 0 saturated carbocycles. The molecule has 0 spiro atoms. The molecule has 4 nitrogen and oxygen atoms in total. The highest BCUT2D eigenvalue weighted by molar-refractivity contribution is 9.18. The van der Waals surface area contributed by atoms with Crippen LogP contribution in [-0.4, -0.2) is 25.3 Å². The van der Waals surface area contributed by atoms with Crippen molar-refractivity contribution in [2.45, 2.75) is 4.90 Å². The number of hydrogen-bond donors (Lipinski definition) is 1. The maximum Gasteiger partial charge on any atom is 0.291 e. The average Bonchev–Trinajstić information content (AvgIpc) is 2.27. The smallest absolute Gasteiger partial charge is 0.291 e. The maximum absolute atomic E-state index is 10.9. The molecule has 88 valence electrons. The van der Waals surface area contributed by atoms with Gasteiger partial charge < -0.3 is 14.8 Å². The molecule has 1 N–H and O–H groups in total. The molecule has 1 rings (SSSR count). The summed E-state index contributed by atoms with van der Waals surface area (Å²) >= 11 is 4.35. The van der Waals surface area contributed by atoms with Gasteiger partial charge in [0.05, 0.1) is 24.8 Å². The van der Waals surface area contributed by atoms with Crippen LogP contribution in [0.2, 0.25) is 0 Å². The van der Waals surface area contributed by atoms with Gasteiger partial charge in [0, 0.05) is 22.0 Å². The van der Waals surface area contributed by atoms with Gasteiger partial charge in [-0.15, -0.1) is 11.8 Å². The number of carbonyl (C=O) groups excluding carboxylic acids is 1. The van der Waals surface area contributed by atoms with Gasteiger partial charge in [0.15, 0.2) is 0 Å². The van der Waals surface area contributed by atoms with E-state index in [1.54, 1.807) is 32.0 Å². The van der Waals surface area contributed by atoms with E-state index in [0.29, 0.717) is 17.2 Å². The Kier molecular flexibility index (Phi) is 4.95. The van der Waals surface area contributed by atoms with Crippen molar-refractivity contribution in [2.75, 3.05) is 25.8 Å². The van der Waals surface area contributed by atoms with E-state index in [0.717, 1.165) is 4.90 Å². The molecule has 0 saturated heterocycles. The first-order valence-electron chi connectivity index (χ1n) is 4.38. The van der Waals surface area contributed by atoms with Gasteiger partial charge >= 0.3 is 0 Å². The third-order valence-corrected chi connectivity index (χ3v) is 2.90. The zero-order valence-corrected chi connectivity index (χ0v) is 11.6. The van der Waals surface area contributed by atoms with Crippen molar-refractivity contribution in [3.8, 4) is 11.5 Å². The van der Waals surface area contributed by atoms with E-state index in [1.165, 1.54) is 0 Å². The summed E-state index contributed by atoms with van der Waals surface area (Å²) in [4.78, 5) is 11.6. The van der Waals surface area contributed by atoms with Crippen molar-refractivity contribution < 1.29 is 14.3 Å². The Bertz CT molecular complexity index is 398. The molecular weight excluding hydrogens is 294 g/mol. The summed E-state index contributed by atoms with van der Waals surface area (Å²) in [5.41, 5.74) is 0.569. The van der Waals surface area contributed by atoms with Gasteiger partial charge in [0.25, 0.3) is 4.82 Å². The van der Waals surface area contributed by atoms with Crippen molar-refractivity contribution in [1.29, 1.82) is 0 Å². The van der Waals surface area contributed by atoms with Crippen LogP contribution in [0.3, 0.4) is 0 Å². The summed E-state index contributed by atoms with van der Waals surface area (Å²) in [6.45, 7) is 0. The van der Waals surface area contributed by atoms with Gasteiger partial charge in [-0.1, -0.05) is 0 Å². The van der Waals surface area contributed by atoms with E-state index in [1.807, 2.05) is 12.3 Å². The van der Waals surface area contributed by atoms with Gasteiger partial charge in [0.2, 0.25) is 0 Å². The zero-order chi connectivity index (χ0) is 12.1. The van der Waals surface area contributed by atoms with Gasteiger partial charge in [0.1, 0.15) is 11.5 Å². The molecule has 1 aromatic rings. The fourth-order valence-corrected chi connectivity index (χ4v) is 2.01. The second-order valence-corrected chi connectivity index (χ2v) is 4.37. The van der Waals surface area contributed by atoms with Crippen LogP contribution in [0.4, 0.5) is 10.5 Å². The fraction of sp³-hybridized carbons (Fsp3) is 0.300. The number of benzene rings is 1. The van der Waals surface area contributed by atoms with Crippen LogP contribution in [0.25, 0.3) is 0 Å². The van der Waals surface area contributed by atoms with Crippen LogP contribution < -0.4 is 14.8 Å². The zero-order valence-electron chi connectivity index (χ0n) is 9.17. The molecule has 0 aliphatic rings. The summed E-state index contributed by atoms with van der Waals surface area (Å²) in [5.74, 6) is 1.29. The lowest BCUT2D eigenvalue weighted by molar-refractivity contribution is 0.270. The van der Waals surface area contributed by atoms with Crippen LogP contribution in [-0.2, 0) is 0 Å². The van der Waals surface area contributed by atoms with Gasteiger partial charge in [-0.3, -0.25) is 4.79 Å². The third kappa shape index (κ3) is 3.05. The summed E-state index contributed by atoms with van der Waals surface area (Å²) in [6, 6.07) is 3.55. The van der Waals surface area contributed by atoms with Crippen molar-refractivity contribution in [2.24, 2.45) is 0 Å². The Hall–Kier alpha value is -0.880. The highest BCUT2D eigenvalue weighted by Gasteiger charge is 2.11. The molecule has 0 bridgehead atoms. The largest absolute Gasteiger partial charge is 0.496 e. The molecule has 0 atom stereocenters. The molecule has 16 heavy (non-hydrogen) atoms. The predicted octanol–water partition coefficient (Wildman–Crippen LogP) is 3.35. The molecule has 0 aliphatic carbocycles. The van der Waals surface area contributed by atoms with E-state index in [9.17, 15) is 4.79 Å². The number of halogens is 1. The lowest BCUT2D eigenvalue weighted by Crippen LogP contribution is -2.03. The van der Waals surface area contributed by atoms with E-state index in [2.05, 4.69) is 21.2 Å². The number of anilines is 1. The molecule has 1 amide bonds. The first-order chi connectivity index (χ1) is 7.62. The number of carbonyl (C=O) groups is 1. The molecule has 1 aromatic carbocycles. The monoisotopic (exact) mass is 305 g/mol. The summed E-state index contributed by atoms with van der Waals surface area (Å²) in [5, 5.41) is 2.61. The molecule has 0 fully saturated rings. The van der Waals surface area contributed by atoms with E-state index in [4.69, 9.17) is 9.47 Å². The normalized spacial score (nSPS) is 9.75. The van der Waals surface area contributed by atoms with Gasteiger partial charge in [-0.05, 0) is 12.3 Å². The minimum Gasteiger partial charge on any atom is -0.496 e. The highest BCUT2D eigenvalue weighted by Crippen LogP contribution is 2.37. The Balaban J connectivity index is 3.20. The lowest BCUT2D eigenvalue weighted by atomic mass is 10.2. The number of rotatable bonds is 4. The minimum atomic E-state index is -0.329. The number of hydrogen-bond acceptors (Lipinski definition) is 4. The second-order valence-electron chi connectivity index (χ2n) is 2.81. The van der Waals surface area contributed by atoms with E-state index in [-0.39, 0.29) is 4.82 Å². The van der Waals surface area contributed by atoms with Crippen molar-refractivity contribution in [3.05, 3.63) is 12.1 Å². The Morgan fingerprint density at radius 2 is 1.94 bits per heavy atom. The number of nitrogens with one attached hydrogen (secondary N) is 1. The SMILES string of the molecule is COc1cc(SC)c(OC)cc1NC(=O)Br. The molecule has 0 aliphatic heterocycles. The Morgan fingerprint density at radius 1 is 1.31 bits per heavy atom. The van der Waals surface area contributed by atoms with Gasteiger partial charge in [-0.25, -0.2) is 0 Å². The number of thioether (sulfide) groups is 1. The number of methoxy groups -OCH3 is 2. The molecule has 0 heterocycles. The van der Waals surface area contributed by atoms with Gasteiger partial charge in [-0.2, -0.15) is 0 Å². The summed E-state index contributed by atoms with van der Waals surface area (Å²) in [7, 11) is 3.14. The maximum atomic E-state index is 10.9. The predicted molar refractivity (Wildman–Crippen MR) is 69.3 cm³/mol. The van der Waals surface area contributed by atoms with E-state index < -0.39 is 0 Å². The molecule has 0 aromatic heterocycles. The number of ether oxygens (including phenoxy) is 2. The average molecular weight is 306 g/mol. The highest BCUT2D eigenvalue weighted by atomic mass is 79.9. The fourth-order valence-electron chi connectivity index (χ4n) is 1.23. The van der Waals surface area contributed by atoms with Crippen molar-refractivity contribution in [3.63, 3.8) is 0 Å². The van der Waals surface area contributed by atoms with E-state index >= 15 is 0 Å².